The second-order valence-corrected chi connectivity index (χ2v) is 6.10. The minimum absolute atomic E-state index is 0.0196. The summed E-state index contributed by atoms with van der Waals surface area (Å²) in [5, 5.41) is 3.65. The lowest BCUT2D eigenvalue weighted by Gasteiger charge is -2.24. The maximum atomic E-state index is 12.3. The molecule has 4 heteroatoms. The number of fused-ring (bicyclic) bond motifs is 1. The first kappa shape index (κ1) is 14.9. The maximum Gasteiger partial charge on any atom is 0.227 e. The van der Waals surface area contributed by atoms with Crippen molar-refractivity contribution in [3.05, 3.63) is 64.2 Å². The molecular formula is C18H18ClNO2. The molecule has 2 aromatic carbocycles. The third kappa shape index (κ3) is 3.42. The predicted octanol–water partition coefficient (Wildman–Crippen LogP) is 3.52. The Kier molecular flexibility index (Phi) is 4.34. The van der Waals surface area contributed by atoms with Crippen LogP contribution in [-0.2, 0) is 17.8 Å². The molecule has 2 aromatic rings. The van der Waals surface area contributed by atoms with Crippen molar-refractivity contribution in [2.45, 2.75) is 19.9 Å². The van der Waals surface area contributed by atoms with E-state index in [1.54, 1.807) is 6.07 Å². The molecule has 3 nitrogen and oxygen atoms in total. The lowest BCUT2D eigenvalue weighted by Crippen LogP contribution is -2.37. The number of carbonyl (C=O) groups excluding carboxylic acids is 1. The van der Waals surface area contributed by atoms with Crippen molar-refractivity contribution >= 4 is 17.5 Å². The van der Waals surface area contributed by atoms with Crippen molar-refractivity contribution in [1.82, 2.24) is 5.32 Å². The van der Waals surface area contributed by atoms with Crippen LogP contribution in [0.1, 0.15) is 16.7 Å². The summed E-state index contributed by atoms with van der Waals surface area (Å²) < 4.78 is 5.66. The van der Waals surface area contributed by atoms with E-state index in [-0.39, 0.29) is 11.8 Å². The number of nitrogens with one attached hydrogen (secondary N) is 1. The smallest absolute Gasteiger partial charge is 0.227 e. The first-order chi connectivity index (χ1) is 10.6. The van der Waals surface area contributed by atoms with Gasteiger partial charge in [-0.05, 0) is 42.7 Å². The molecule has 0 aromatic heterocycles. The van der Waals surface area contributed by atoms with Crippen LogP contribution in [0, 0.1) is 12.8 Å². The fraction of sp³-hybridized carbons (Fsp3) is 0.278. The number of benzene rings is 2. The van der Waals surface area contributed by atoms with Crippen LogP contribution in [0.5, 0.6) is 5.75 Å². The molecule has 1 amide bonds. The second kappa shape index (κ2) is 6.41. The summed E-state index contributed by atoms with van der Waals surface area (Å²) in [7, 11) is 0. The van der Waals surface area contributed by atoms with Crippen LogP contribution >= 0.6 is 11.6 Å². The predicted molar refractivity (Wildman–Crippen MR) is 87.2 cm³/mol. The molecule has 0 unspecified atom stereocenters. The summed E-state index contributed by atoms with van der Waals surface area (Å²) in [4.78, 5) is 12.3. The first-order valence-corrected chi connectivity index (χ1v) is 7.74. The molecule has 0 fully saturated rings. The third-order valence-electron chi connectivity index (χ3n) is 3.89. The second-order valence-electron chi connectivity index (χ2n) is 5.67. The van der Waals surface area contributed by atoms with E-state index in [2.05, 4.69) is 5.32 Å². The van der Waals surface area contributed by atoms with Crippen molar-refractivity contribution in [2.24, 2.45) is 5.92 Å². The van der Waals surface area contributed by atoms with Gasteiger partial charge in [0.15, 0.2) is 0 Å². The number of rotatable bonds is 3. The summed E-state index contributed by atoms with van der Waals surface area (Å²) in [6.07, 6.45) is 0.662. The number of hydrogen-bond acceptors (Lipinski definition) is 2. The van der Waals surface area contributed by atoms with Crippen LogP contribution in [0.3, 0.4) is 0 Å². The molecule has 22 heavy (non-hydrogen) atoms. The van der Waals surface area contributed by atoms with Crippen molar-refractivity contribution in [1.29, 1.82) is 0 Å². The van der Waals surface area contributed by atoms with Crippen LogP contribution in [0.25, 0.3) is 0 Å². The van der Waals surface area contributed by atoms with Gasteiger partial charge in [-0.25, -0.2) is 0 Å². The van der Waals surface area contributed by atoms with E-state index < -0.39 is 0 Å². The molecule has 1 aliphatic heterocycles. The Bertz CT molecular complexity index is 682. The lowest BCUT2D eigenvalue weighted by atomic mass is 9.96. The van der Waals surface area contributed by atoms with E-state index in [0.717, 1.165) is 16.9 Å². The van der Waals surface area contributed by atoms with Crippen LogP contribution < -0.4 is 10.1 Å². The Labute approximate surface area is 135 Å². The zero-order chi connectivity index (χ0) is 15.5. The van der Waals surface area contributed by atoms with Gasteiger partial charge in [-0.2, -0.15) is 0 Å². The highest BCUT2D eigenvalue weighted by Crippen LogP contribution is 2.29. The van der Waals surface area contributed by atoms with Crippen LogP contribution in [0.4, 0.5) is 0 Å². The van der Waals surface area contributed by atoms with Crippen LogP contribution in [-0.4, -0.2) is 12.5 Å². The normalized spacial score (nSPS) is 16.5. The largest absolute Gasteiger partial charge is 0.492 e. The highest BCUT2D eigenvalue weighted by molar-refractivity contribution is 6.30. The molecule has 1 atom stereocenters. The molecule has 0 saturated carbocycles. The Morgan fingerprint density at radius 1 is 1.27 bits per heavy atom. The summed E-state index contributed by atoms with van der Waals surface area (Å²) in [5.41, 5.74) is 3.30. The van der Waals surface area contributed by atoms with E-state index in [9.17, 15) is 4.79 Å². The molecule has 0 spiro atoms. The van der Waals surface area contributed by atoms with Crippen molar-refractivity contribution in [3.8, 4) is 5.75 Å². The Morgan fingerprint density at radius 2 is 2.05 bits per heavy atom. The van der Waals surface area contributed by atoms with Crippen molar-refractivity contribution in [2.75, 3.05) is 6.61 Å². The molecule has 1 N–H and O–H groups in total. The zero-order valence-electron chi connectivity index (χ0n) is 12.4. The summed E-state index contributed by atoms with van der Waals surface area (Å²) in [5.74, 6) is 0.676. The zero-order valence-corrected chi connectivity index (χ0v) is 13.2. The molecule has 1 aliphatic rings. The average Bonchev–Trinajstić information content (AvgIpc) is 2.53. The number of hydrogen-bond donors (Lipinski definition) is 1. The third-order valence-corrected chi connectivity index (χ3v) is 4.12. The summed E-state index contributed by atoms with van der Waals surface area (Å²) >= 11 is 6.00. The summed E-state index contributed by atoms with van der Waals surface area (Å²) in [6.45, 7) is 3.00. The van der Waals surface area contributed by atoms with Gasteiger partial charge in [0.05, 0.1) is 5.92 Å². The molecule has 0 saturated heterocycles. The Hall–Kier alpha value is -2.00. The maximum absolute atomic E-state index is 12.3. The molecule has 0 aliphatic carbocycles. The van der Waals surface area contributed by atoms with E-state index in [4.69, 9.17) is 16.3 Å². The number of carbonyl (C=O) groups is 1. The standard InChI is InChI=1S/C18H18ClNO2/c1-12-2-4-13(5-3-12)10-20-18(21)15-8-14-9-16(19)6-7-17(14)22-11-15/h2-7,9,15H,8,10-11H2,1H3,(H,20,21)/t15-/m0/s1. The van der Waals surface area contributed by atoms with Crippen molar-refractivity contribution in [3.63, 3.8) is 0 Å². The van der Waals surface area contributed by atoms with Gasteiger partial charge in [0, 0.05) is 11.6 Å². The highest BCUT2D eigenvalue weighted by atomic mass is 35.5. The number of amides is 1. The fourth-order valence-electron chi connectivity index (χ4n) is 2.57. The molecule has 0 bridgehead atoms. The highest BCUT2D eigenvalue weighted by Gasteiger charge is 2.25. The number of halogens is 1. The molecule has 1 heterocycles. The van der Waals surface area contributed by atoms with Gasteiger partial charge in [-0.1, -0.05) is 41.4 Å². The Morgan fingerprint density at radius 3 is 2.82 bits per heavy atom. The minimum Gasteiger partial charge on any atom is -0.492 e. The minimum atomic E-state index is -0.170. The number of aryl methyl sites for hydroxylation is 1. The van der Waals surface area contributed by atoms with Gasteiger partial charge in [0.25, 0.3) is 0 Å². The van der Waals surface area contributed by atoms with E-state index >= 15 is 0 Å². The van der Waals surface area contributed by atoms with E-state index in [1.807, 2.05) is 43.3 Å². The molecule has 0 radical (unpaired) electrons. The molecular weight excluding hydrogens is 298 g/mol. The quantitative estimate of drug-likeness (QED) is 0.941. The van der Waals surface area contributed by atoms with Gasteiger partial charge in [-0.3, -0.25) is 4.79 Å². The van der Waals surface area contributed by atoms with Crippen molar-refractivity contribution < 1.29 is 9.53 Å². The molecule has 114 valence electrons. The van der Waals surface area contributed by atoms with Crippen LogP contribution in [0.15, 0.2) is 42.5 Å². The van der Waals surface area contributed by atoms with Gasteiger partial charge < -0.3 is 10.1 Å². The Balaban J connectivity index is 1.60. The van der Waals surface area contributed by atoms with E-state index in [1.165, 1.54) is 5.56 Å². The van der Waals surface area contributed by atoms with Crippen LogP contribution in [0.2, 0.25) is 5.02 Å². The summed E-state index contributed by atoms with van der Waals surface area (Å²) in [6, 6.07) is 13.7. The number of ether oxygens (including phenoxy) is 1. The average molecular weight is 316 g/mol. The van der Waals surface area contributed by atoms with Gasteiger partial charge in [-0.15, -0.1) is 0 Å². The SMILES string of the molecule is Cc1ccc(CNC(=O)[C@@H]2COc3ccc(Cl)cc3C2)cc1. The molecule has 3 rings (SSSR count). The lowest BCUT2D eigenvalue weighted by molar-refractivity contribution is -0.126. The monoisotopic (exact) mass is 315 g/mol. The topological polar surface area (TPSA) is 38.3 Å². The van der Waals surface area contributed by atoms with Gasteiger partial charge in [0.1, 0.15) is 12.4 Å². The van der Waals surface area contributed by atoms with Gasteiger partial charge in [0.2, 0.25) is 5.91 Å². The van der Waals surface area contributed by atoms with E-state index in [0.29, 0.717) is 24.6 Å². The van der Waals surface area contributed by atoms with Gasteiger partial charge >= 0.3 is 0 Å². The first-order valence-electron chi connectivity index (χ1n) is 7.36. The fourth-order valence-corrected chi connectivity index (χ4v) is 2.77.